The summed E-state index contributed by atoms with van der Waals surface area (Å²) in [5.41, 5.74) is -1.60. The van der Waals surface area contributed by atoms with E-state index in [0.717, 1.165) is 24.8 Å². The van der Waals surface area contributed by atoms with Gasteiger partial charge in [-0.2, -0.15) is 13.2 Å². The van der Waals surface area contributed by atoms with Crippen molar-refractivity contribution in [3.8, 4) is 0 Å². The Morgan fingerprint density at radius 1 is 1.50 bits per heavy atom. The fourth-order valence-electron chi connectivity index (χ4n) is 2.89. The van der Waals surface area contributed by atoms with Crippen LogP contribution < -0.4 is 0 Å². The third-order valence-electron chi connectivity index (χ3n) is 4.12. The Bertz CT molecular complexity index is 560. The average molecular weight is 314 g/mol. The number of amides is 1. The Hall–Kier alpha value is -1.92. The molecule has 2 unspecified atom stereocenters. The molecule has 0 bridgehead atoms. The number of halogens is 3. The molecule has 1 saturated heterocycles. The lowest BCUT2D eigenvalue weighted by Crippen LogP contribution is -2.47. The van der Waals surface area contributed by atoms with Gasteiger partial charge in [-0.05, 0) is 37.8 Å². The summed E-state index contributed by atoms with van der Waals surface area (Å²) in [5.74, 6) is -0.746. The van der Waals surface area contributed by atoms with Crippen LogP contribution >= 0.6 is 0 Å². The van der Waals surface area contributed by atoms with Gasteiger partial charge < -0.3 is 9.69 Å². The molecule has 2 atom stereocenters. The van der Waals surface area contributed by atoms with Gasteiger partial charge in [0.1, 0.15) is 12.0 Å². The van der Waals surface area contributed by atoms with E-state index in [1.165, 1.54) is 11.1 Å². The zero-order valence-corrected chi connectivity index (χ0v) is 12.1. The van der Waals surface area contributed by atoms with Crippen molar-refractivity contribution in [3.63, 3.8) is 0 Å². The summed E-state index contributed by atoms with van der Waals surface area (Å²) in [6.07, 6.45) is -0.891. The van der Waals surface area contributed by atoms with Crippen LogP contribution in [-0.2, 0) is 11.0 Å². The number of piperidine rings is 1. The summed E-state index contributed by atoms with van der Waals surface area (Å²) in [5, 5.41) is 0. The van der Waals surface area contributed by atoms with E-state index in [0.29, 0.717) is 19.4 Å². The number of nitrogens with zero attached hydrogens (tertiary/aromatic N) is 2. The van der Waals surface area contributed by atoms with Crippen molar-refractivity contribution in [2.75, 3.05) is 6.54 Å². The first-order valence-corrected chi connectivity index (χ1v) is 7.13. The molecule has 120 valence electrons. The largest absolute Gasteiger partial charge is 0.418 e. The minimum absolute atomic E-state index is 0.0201. The van der Waals surface area contributed by atoms with Crippen LogP contribution in [0.2, 0.25) is 0 Å². The maximum atomic E-state index is 13.0. The second-order valence-electron chi connectivity index (χ2n) is 5.44. The molecule has 0 saturated carbocycles. The first-order valence-electron chi connectivity index (χ1n) is 7.13. The molecule has 22 heavy (non-hydrogen) atoms. The topological polar surface area (TPSA) is 50.3 Å². The Labute approximate surface area is 126 Å². The van der Waals surface area contributed by atoms with Gasteiger partial charge in [0.2, 0.25) is 0 Å². The lowest BCUT2D eigenvalue weighted by atomic mass is 9.87. The van der Waals surface area contributed by atoms with Crippen LogP contribution in [0.25, 0.3) is 0 Å². The smallest absolute Gasteiger partial charge is 0.334 e. The number of aromatic nitrogens is 1. The van der Waals surface area contributed by atoms with E-state index in [1.54, 1.807) is 6.92 Å². The molecule has 0 radical (unpaired) electrons. The summed E-state index contributed by atoms with van der Waals surface area (Å²) in [4.78, 5) is 28.2. The summed E-state index contributed by atoms with van der Waals surface area (Å²) < 4.78 is 39.0. The van der Waals surface area contributed by atoms with Crippen LogP contribution in [-0.4, -0.2) is 34.7 Å². The minimum atomic E-state index is -4.62. The highest BCUT2D eigenvalue weighted by Crippen LogP contribution is 2.33. The van der Waals surface area contributed by atoms with E-state index < -0.39 is 23.3 Å². The Morgan fingerprint density at radius 2 is 2.23 bits per heavy atom. The van der Waals surface area contributed by atoms with Crippen molar-refractivity contribution in [3.05, 3.63) is 29.6 Å². The number of alkyl halides is 3. The molecule has 2 heterocycles. The van der Waals surface area contributed by atoms with Gasteiger partial charge in [0.05, 0.1) is 5.56 Å². The first-order chi connectivity index (χ1) is 10.4. The molecule has 1 aliphatic rings. The van der Waals surface area contributed by atoms with Gasteiger partial charge in [-0.15, -0.1) is 0 Å². The number of carbonyl (C=O) groups excluding carboxylic acids is 2. The lowest BCUT2D eigenvalue weighted by Gasteiger charge is -2.39. The molecule has 1 aliphatic heterocycles. The van der Waals surface area contributed by atoms with Gasteiger partial charge in [-0.3, -0.25) is 9.78 Å². The summed E-state index contributed by atoms with van der Waals surface area (Å²) in [7, 11) is 0. The van der Waals surface area contributed by atoms with E-state index in [2.05, 4.69) is 4.98 Å². The van der Waals surface area contributed by atoms with Crippen molar-refractivity contribution in [2.45, 2.75) is 38.4 Å². The van der Waals surface area contributed by atoms with E-state index in [-0.39, 0.29) is 12.0 Å². The number of carbonyl (C=O) groups is 2. The fraction of sp³-hybridized carbons (Fsp3) is 0.533. The highest BCUT2D eigenvalue weighted by molar-refractivity contribution is 5.94. The lowest BCUT2D eigenvalue weighted by molar-refractivity contribution is -0.138. The molecule has 0 spiro atoms. The normalized spacial score (nSPS) is 22.5. The number of pyridine rings is 1. The number of aldehydes is 1. The van der Waals surface area contributed by atoms with Gasteiger partial charge in [-0.1, -0.05) is 0 Å². The van der Waals surface area contributed by atoms with E-state index in [9.17, 15) is 22.8 Å². The van der Waals surface area contributed by atoms with Gasteiger partial charge in [0, 0.05) is 25.2 Å². The molecule has 2 rings (SSSR count). The third kappa shape index (κ3) is 3.28. The summed E-state index contributed by atoms with van der Waals surface area (Å²) >= 11 is 0. The number of hydrogen-bond acceptors (Lipinski definition) is 3. The molecular formula is C15H17F3N2O2. The van der Waals surface area contributed by atoms with Crippen LogP contribution in [0, 0.1) is 5.92 Å². The van der Waals surface area contributed by atoms with Crippen molar-refractivity contribution >= 4 is 12.2 Å². The molecule has 1 fully saturated rings. The Kier molecular flexibility index (Phi) is 4.83. The molecule has 0 aromatic carbocycles. The maximum Gasteiger partial charge on any atom is 0.418 e. The van der Waals surface area contributed by atoms with Gasteiger partial charge in [-0.25, -0.2) is 0 Å². The molecule has 4 nitrogen and oxygen atoms in total. The fourth-order valence-corrected chi connectivity index (χ4v) is 2.89. The van der Waals surface area contributed by atoms with E-state index in [1.807, 2.05) is 0 Å². The molecule has 0 N–H and O–H groups in total. The van der Waals surface area contributed by atoms with Crippen molar-refractivity contribution in [1.82, 2.24) is 9.88 Å². The average Bonchev–Trinajstić information content (AvgIpc) is 2.48. The molecule has 1 aromatic rings. The summed E-state index contributed by atoms with van der Waals surface area (Å²) in [6, 6.07) is 1.74. The SMILES string of the molecule is CC1C(CC=O)CCCN1C(=O)c1ncccc1C(F)(F)F. The highest BCUT2D eigenvalue weighted by Gasteiger charge is 2.39. The summed E-state index contributed by atoms with van der Waals surface area (Å²) in [6.45, 7) is 2.14. The number of rotatable bonds is 3. The van der Waals surface area contributed by atoms with E-state index >= 15 is 0 Å². The molecular weight excluding hydrogens is 297 g/mol. The van der Waals surface area contributed by atoms with Crippen LogP contribution in [0.4, 0.5) is 13.2 Å². The monoisotopic (exact) mass is 314 g/mol. The van der Waals surface area contributed by atoms with Crippen molar-refractivity contribution in [1.29, 1.82) is 0 Å². The first kappa shape index (κ1) is 16.5. The molecule has 1 aromatic heterocycles. The second kappa shape index (κ2) is 6.46. The molecule has 0 aliphatic carbocycles. The zero-order chi connectivity index (χ0) is 16.3. The highest BCUT2D eigenvalue weighted by atomic mass is 19.4. The van der Waals surface area contributed by atoms with Gasteiger partial charge >= 0.3 is 6.18 Å². The predicted octanol–water partition coefficient (Wildman–Crippen LogP) is 2.93. The predicted molar refractivity (Wildman–Crippen MR) is 73.1 cm³/mol. The van der Waals surface area contributed by atoms with Crippen LogP contribution in [0.1, 0.15) is 42.2 Å². The quantitative estimate of drug-likeness (QED) is 0.806. The Balaban J connectivity index is 2.30. The van der Waals surface area contributed by atoms with Crippen molar-refractivity contribution < 1.29 is 22.8 Å². The third-order valence-corrected chi connectivity index (χ3v) is 4.12. The zero-order valence-electron chi connectivity index (χ0n) is 12.1. The molecule has 1 amide bonds. The molecule has 7 heteroatoms. The van der Waals surface area contributed by atoms with Gasteiger partial charge in [0.15, 0.2) is 0 Å². The van der Waals surface area contributed by atoms with E-state index in [4.69, 9.17) is 0 Å². The van der Waals surface area contributed by atoms with Gasteiger partial charge in [0.25, 0.3) is 5.91 Å². The van der Waals surface area contributed by atoms with Crippen LogP contribution in [0.3, 0.4) is 0 Å². The number of likely N-dealkylation sites (tertiary alicyclic amines) is 1. The van der Waals surface area contributed by atoms with Crippen LogP contribution in [0.15, 0.2) is 18.3 Å². The van der Waals surface area contributed by atoms with Crippen LogP contribution in [0.5, 0.6) is 0 Å². The van der Waals surface area contributed by atoms with Crippen molar-refractivity contribution in [2.24, 2.45) is 5.92 Å². The maximum absolute atomic E-state index is 13.0. The minimum Gasteiger partial charge on any atom is -0.334 e. The Morgan fingerprint density at radius 3 is 2.86 bits per heavy atom. The second-order valence-corrected chi connectivity index (χ2v) is 5.44. The number of hydrogen-bond donors (Lipinski definition) is 0. The standard InChI is InChI=1S/C15H17F3N2O2/c1-10-11(6-9-21)4-3-8-20(10)14(22)13-12(15(16,17)18)5-2-7-19-13/h2,5,7,9-11H,3-4,6,8H2,1H3.